The van der Waals surface area contributed by atoms with Crippen molar-refractivity contribution in [3.63, 3.8) is 0 Å². The molecule has 0 aromatic carbocycles. The highest BCUT2D eigenvalue weighted by molar-refractivity contribution is 5.78. The zero-order chi connectivity index (χ0) is 35.9. The third kappa shape index (κ3) is 5.20. The second kappa shape index (κ2) is 12.6. The number of carbonyl (C=O) groups is 2. The summed E-state index contributed by atoms with van der Waals surface area (Å²) in [7, 11) is 0. The van der Waals surface area contributed by atoms with Gasteiger partial charge in [-0.05, 0) is 166 Å². The lowest BCUT2D eigenvalue weighted by Crippen LogP contribution is -2.68. The third-order valence-electron chi connectivity index (χ3n) is 17.6. The fourth-order valence-corrected chi connectivity index (χ4v) is 14.7. The number of halogens is 1. The number of aliphatic carboxylic acids is 1. The molecule has 1 aliphatic heterocycles. The Morgan fingerprint density at radius 3 is 2.38 bits per heavy atom. The van der Waals surface area contributed by atoms with E-state index in [1.54, 1.807) is 0 Å². The van der Waals surface area contributed by atoms with E-state index in [-0.39, 0.29) is 27.2 Å². The SMILES string of the molecule is C=C(C)[C@@H]1CC[C@]2(NCCCN3CCCC3=O)CC[C@]3(C)[C@H](CC[C@@H]4[C@@]5(C)CC=C(C6=CCC(CF)(C(=O)O)CC6)C(C)(C)[C@@H]5CC[C@]43C)[C@@H]12. The van der Waals surface area contributed by atoms with Crippen LogP contribution in [0, 0.1) is 56.7 Å². The summed E-state index contributed by atoms with van der Waals surface area (Å²) in [5, 5.41) is 14.0. The second-order valence-corrected chi connectivity index (χ2v) is 19.8. The number of carboxylic acid groups (broad SMARTS) is 1. The number of rotatable bonds is 9. The minimum atomic E-state index is -1.25. The van der Waals surface area contributed by atoms with Crippen LogP contribution in [0.5, 0.6) is 0 Å². The molecule has 0 radical (unpaired) electrons. The zero-order valence-corrected chi connectivity index (χ0v) is 32.3. The van der Waals surface area contributed by atoms with Crippen LogP contribution >= 0.6 is 0 Å². The van der Waals surface area contributed by atoms with Gasteiger partial charge in [0.05, 0.1) is 5.41 Å². The first-order valence-electron chi connectivity index (χ1n) is 20.5. The molecule has 2 N–H and O–H groups in total. The highest BCUT2D eigenvalue weighted by atomic mass is 19.1. The van der Waals surface area contributed by atoms with Crippen molar-refractivity contribution < 1.29 is 19.1 Å². The lowest BCUT2D eigenvalue weighted by Gasteiger charge is -2.72. The van der Waals surface area contributed by atoms with Crippen LogP contribution in [0.4, 0.5) is 4.39 Å². The number of likely N-dealkylation sites (tertiary alicyclic amines) is 1. The third-order valence-corrected chi connectivity index (χ3v) is 17.6. The van der Waals surface area contributed by atoms with E-state index >= 15 is 0 Å². The van der Waals surface area contributed by atoms with E-state index in [1.165, 1.54) is 68.1 Å². The lowest BCUT2D eigenvalue weighted by molar-refractivity contribution is -0.221. The number of carboxylic acids is 1. The fourth-order valence-electron chi connectivity index (χ4n) is 14.7. The van der Waals surface area contributed by atoms with Gasteiger partial charge in [-0.15, -0.1) is 0 Å². The van der Waals surface area contributed by atoms with Gasteiger partial charge in [0.2, 0.25) is 5.91 Å². The number of alkyl halides is 1. The fraction of sp³-hybridized carbons (Fsp3) is 0.818. The Morgan fingerprint density at radius 2 is 1.74 bits per heavy atom. The maximum Gasteiger partial charge on any atom is 0.312 e. The zero-order valence-electron chi connectivity index (χ0n) is 32.3. The van der Waals surface area contributed by atoms with Crippen LogP contribution < -0.4 is 5.32 Å². The topological polar surface area (TPSA) is 69.6 Å². The molecule has 5 fully saturated rings. The smallest absolute Gasteiger partial charge is 0.312 e. The molecule has 10 atom stereocenters. The molecule has 278 valence electrons. The Balaban J connectivity index is 1.13. The molecule has 0 bridgehead atoms. The van der Waals surface area contributed by atoms with Gasteiger partial charge in [0, 0.05) is 25.0 Å². The van der Waals surface area contributed by atoms with Gasteiger partial charge in [0.25, 0.3) is 0 Å². The average Bonchev–Trinajstić information content (AvgIpc) is 3.66. The van der Waals surface area contributed by atoms with E-state index in [9.17, 15) is 19.1 Å². The van der Waals surface area contributed by atoms with E-state index in [4.69, 9.17) is 0 Å². The van der Waals surface area contributed by atoms with Crippen LogP contribution in [0.1, 0.15) is 138 Å². The molecule has 7 rings (SSSR count). The molecule has 5 nitrogen and oxygen atoms in total. The standard InChI is InChI=1S/C44H67FN2O3/c1-29(2)31-15-22-44(46-25-9-27-47-26-8-10-36(47)48)24-23-41(6)33(37(31)44)11-12-35-40(5)18-16-32(39(3,4)34(40)17-19-42(35,41)7)30-13-20-43(28-45,21-14-30)38(49)50/h13,16,31,33-35,37,46H,1,8-12,14-15,17-28H2,2-7H3,(H,49,50)/t31-,33+,34-,35+,37+,40-,41+,42+,43?,44-/m0/s1. The van der Waals surface area contributed by atoms with E-state index in [2.05, 4.69) is 70.5 Å². The Kier molecular flexibility index (Phi) is 9.16. The van der Waals surface area contributed by atoms with E-state index < -0.39 is 18.1 Å². The number of nitrogens with zero attached hydrogens (tertiary/aromatic N) is 1. The van der Waals surface area contributed by atoms with Crippen molar-refractivity contribution in [1.29, 1.82) is 0 Å². The van der Waals surface area contributed by atoms with Crippen molar-refractivity contribution in [2.24, 2.45) is 56.7 Å². The number of nitrogens with one attached hydrogen (secondary N) is 1. The molecule has 4 saturated carbocycles. The molecule has 6 heteroatoms. The van der Waals surface area contributed by atoms with Gasteiger partial charge in [-0.1, -0.05) is 58.9 Å². The predicted molar refractivity (Wildman–Crippen MR) is 199 cm³/mol. The van der Waals surface area contributed by atoms with Gasteiger partial charge in [-0.25, -0.2) is 4.39 Å². The van der Waals surface area contributed by atoms with Crippen LogP contribution in [-0.4, -0.2) is 53.7 Å². The molecule has 0 spiro atoms. The van der Waals surface area contributed by atoms with E-state index in [0.717, 1.165) is 45.3 Å². The molecular formula is C44H67FN2O3. The van der Waals surface area contributed by atoms with Crippen molar-refractivity contribution in [2.45, 2.75) is 143 Å². The number of fused-ring (bicyclic) bond motifs is 7. The highest BCUT2D eigenvalue weighted by Gasteiger charge is 2.70. The minimum absolute atomic E-state index is 0.00131. The van der Waals surface area contributed by atoms with Gasteiger partial charge < -0.3 is 15.3 Å². The summed E-state index contributed by atoms with van der Waals surface area (Å²) < 4.78 is 14.0. The first-order valence-corrected chi connectivity index (χ1v) is 20.5. The minimum Gasteiger partial charge on any atom is -0.481 e. The highest BCUT2D eigenvalue weighted by Crippen LogP contribution is 2.76. The molecule has 1 saturated heterocycles. The molecule has 50 heavy (non-hydrogen) atoms. The monoisotopic (exact) mass is 691 g/mol. The first-order chi connectivity index (χ1) is 23.6. The molecular weight excluding hydrogens is 623 g/mol. The van der Waals surface area contributed by atoms with Gasteiger partial charge in [0.1, 0.15) is 6.67 Å². The van der Waals surface area contributed by atoms with Crippen LogP contribution in [0.2, 0.25) is 0 Å². The van der Waals surface area contributed by atoms with Crippen LogP contribution in [0.25, 0.3) is 0 Å². The van der Waals surface area contributed by atoms with Crippen LogP contribution in [-0.2, 0) is 9.59 Å². The van der Waals surface area contributed by atoms with Crippen molar-refractivity contribution in [3.05, 3.63) is 35.5 Å². The van der Waals surface area contributed by atoms with E-state index in [1.807, 2.05) is 0 Å². The lowest BCUT2D eigenvalue weighted by atomic mass is 9.33. The number of carbonyl (C=O) groups excluding carboxylic acids is 1. The molecule has 1 unspecified atom stereocenters. The van der Waals surface area contributed by atoms with E-state index in [0.29, 0.717) is 54.8 Å². The van der Waals surface area contributed by atoms with Gasteiger partial charge in [-0.2, -0.15) is 0 Å². The summed E-state index contributed by atoms with van der Waals surface area (Å²) in [5.74, 6) is 2.49. The molecule has 0 aromatic rings. The molecule has 1 amide bonds. The van der Waals surface area contributed by atoms with Crippen molar-refractivity contribution in [2.75, 3.05) is 26.3 Å². The van der Waals surface area contributed by atoms with Gasteiger partial charge in [0.15, 0.2) is 0 Å². The maximum absolute atomic E-state index is 14.0. The summed E-state index contributed by atoms with van der Waals surface area (Å²) in [6.07, 6.45) is 20.0. The Labute approximate surface area is 302 Å². The summed E-state index contributed by atoms with van der Waals surface area (Å²) >= 11 is 0. The van der Waals surface area contributed by atoms with Gasteiger partial charge >= 0.3 is 5.97 Å². The maximum atomic E-state index is 14.0. The van der Waals surface area contributed by atoms with Crippen LogP contribution in [0.15, 0.2) is 35.5 Å². The average molecular weight is 691 g/mol. The number of amides is 1. The molecule has 7 aliphatic rings. The molecule has 0 aromatic heterocycles. The number of hydrogen-bond acceptors (Lipinski definition) is 3. The normalized spacial score (nSPS) is 45.1. The second-order valence-electron chi connectivity index (χ2n) is 19.8. The Bertz CT molecular complexity index is 1470. The summed E-state index contributed by atoms with van der Waals surface area (Å²) in [6, 6.07) is 0. The van der Waals surface area contributed by atoms with Crippen LogP contribution in [0.3, 0.4) is 0 Å². The Morgan fingerprint density at radius 1 is 0.960 bits per heavy atom. The number of hydrogen-bond donors (Lipinski definition) is 2. The first kappa shape index (κ1) is 36.4. The molecule has 6 aliphatic carbocycles. The predicted octanol–water partition coefficient (Wildman–Crippen LogP) is 9.69. The van der Waals surface area contributed by atoms with Crippen molar-refractivity contribution in [1.82, 2.24) is 10.2 Å². The molecule has 1 heterocycles. The Hall–Kier alpha value is -1.95. The number of allylic oxidation sites excluding steroid dienone is 5. The van der Waals surface area contributed by atoms with Gasteiger partial charge in [-0.3, -0.25) is 9.59 Å². The summed E-state index contributed by atoms with van der Waals surface area (Å²) in [5.41, 5.74) is 3.79. The summed E-state index contributed by atoms with van der Waals surface area (Å²) in [6.45, 7) is 21.9. The summed E-state index contributed by atoms with van der Waals surface area (Å²) in [4.78, 5) is 26.3. The van der Waals surface area contributed by atoms with Crippen molar-refractivity contribution >= 4 is 11.9 Å². The van der Waals surface area contributed by atoms with Crippen molar-refractivity contribution in [3.8, 4) is 0 Å². The quantitative estimate of drug-likeness (QED) is 0.187. The largest absolute Gasteiger partial charge is 0.481 e.